The normalized spacial score (nSPS) is 10.8. The van der Waals surface area contributed by atoms with Gasteiger partial charge >= 0.3 is 0 Å². The first-order valence-electron chi connectivity index (χ1n) is 11.2. The van der Waals surface area contributed by atoms with E-state index in [0.29, 0.717) is 13.2 Å². The number of carbonyl (C=O) groups excluding carboxylic acids is 1. The van der Waals surface area contributed by atoms with Crippen molar-refractivity contribution >= 4 is 16.9 Å². The molecule has 1 heterocycles. The van der Waals surface area contributed by atoms with Crippen molar-refractivity contribution in [3.63, 3.8) is 0 Å². The predicted octanol–water partition coefficient (Wildman–Crippen LogP) is 4.70. The summed E-state index contributed by atoms with van der Waals surface area (Å²) in [6.45, 7) is 7.50. The highest BCUT2D eigenvalue weighted by molar-refractivity contribution is 5.76. The summed E-state index contributed by atoms with van der Waals surface area (Å²) in [7, 11) is 1.66. The van der Waals surface area contributed by atoms with Crippen molar-refractivity contribution in [1.29, 1.82) is 0 Å². The number of ether oxygens (including phenoxy) is 2. The monoisotopic (exact) mass is 435 g/mol. The summed E-state index contributed by atoms with van der Waals surface area (Å²) in [5.74, 6) is 2.60. The summed E-state index contributed by atoms with van der Waals surface area (Å²) in [4.78, 5) is 15.9. The molecule has 0 aliphatic heterocycles. The molecule has 0 saturated heterocycles. The second-order valence-corrected chi connectivity index (χ2v) is 7.79. The Kier molecular flexibility index (Phi) is 8.72. The third kappa shape index (κ3) is 6.36. The van der Waals surface area contributed by atoms with E-state index < -0.39 is 0 Å². The van der Waals surface area contributed by atoms with Crippen LogP contribution < -0.4 is 14.8 Å². The minimum Gasteiger partial charge on any atom is -0.493 e. The standard InChI is InChI=1S/C26H33N3O3/c1-4-10-21-14-15-24(25(19-21)31-3)32-18-8-7-17-29-23-12-6-5-11-22(23)28-26(29)13-9-16-27-20(2)30/h4-6,11-12,14-15,19H,1,7-10,13,16-18H2,2-3H3,(H,27,30). The number of benzene rings is 2. The lowest BCUT2D eigenvalue weighted by molar-refractivity contribution is -0.118. The molecule has 0 aliphatic carbocycles. The average molecular weight is 436 g/mol. The maximum absolute atomic E-state index is 11.1. The fourth-order valence-electron chi connectivity index (χ4n) is 3.76. The topological polar surface area (TPSA) is 65.4 Å². The molecule has 3 rings (SSSR count). The van der Waals surface area contributed by atoms with Crippen molar-refractivity contribution in [1.82, 2.24) is 14.9 Å². The van der Waals surface area contributed by atoms with Crippen molar-refractivity contribution in [3.05, 3.63) is 66.5 Å². The number of imidazole rings is 1. The van der Waals surface area contributed by atoms with Crippen LogP contribution in [0.4, 0.5) is 0 Å². The van der Waals surface area contributed by atoms with E-state index >= 15 is 0 Å². The molecule has 1 aromatic heterocycles. The number of nitrogens with one attached hydrogen (secondary N) is 1. The Morgan fingerprint density at radius 1 is 1.16 bits per heavy atom. The third-order valence-electron chi connectivity index (χ3n) is 5.33. The Labute approximate surface area is 190 Å². The van der Waals surface area contributed by atoms with Crippen LogP contribution in [0.2, 0.25) is 0 Å². The number of rotatable bonds is 13. The summed E-state index contributed by atoms with van der Waals surface area (Å²) in [5.41, 5.74) is 3.33. The molecule has 0 saturated carbocycles. The number of para-hydroxylation sites is 2. The number of carbonyl (C=O) groups is 1. The van der Waals surface area contributed by atoms with Crippen LogP contribution in [0.5, 0.6) is 11.5 Å². The maximum atomic E-state index is 11.1. The van der Waals surface area contributed by atoms with Crippen LogP contribution >= 0.6 is 0 Å². The molecule has 3 aromatic rings. The lowest BCUT2D eigenvalue weighted by Gasteiger charge is -2.13. The molecule has 2 aromatic carbocycles. The minimum atomic E-state index is 0.00507. The van der Waals surface area contributed by atoms with Gasteiger partial charge in [-0.15, -0.1) is 6.58 Å². The molecular weight excluding hydrogens is 402 g/mol. The maximum Gasteiger partial charge on any atom is 0.216 e. The highest BCUT2D eigenvalue weighted by atomic mass is 16.5. The van der Waals surface area contributed by atoms with E-state index in [1.807, 2.05) is 36.4 Å². The molecule has 170 valence electrons. The third-order valence-corrected chi connectivity index (χ3v) is 5.33. The Morgan fingerprint density at radius 2 is 2.00 bits per heavy atom. The van der Waals surface area contributed by atoms with Crippen molar-refractivity contribution < 1.29 is 14.3 Å². The highest BCUT2D eigenvalue weighted by Crippen LogP contribution is 2.28. The fourth-order valence-corrected chi connectivity index (χ4v) is 3.76. The number of unbranched alkanes of at least 4 members (excludes halogenated alkanes) is 1. The Hall–Kier alpha value is -3.28. The largest absolute Gasteiger partial charge is 0.493 e. The van der Waals surface area contributed by atoms with Gasteiger partial charge in [-0.25, -0.2) is 4.98 Å². The van der Waals surface area contributed by atoms with E-state index in [2.05, 4.69) is 28.6 Å². The van der Waals surface area contributed by atoms with Gasteiger partial charge in [-0.05, 0) is 55.5 Å². The molecule has 32 heavy (non-hydrogen) atoms. The zero-order chi connectivity index (χ0) is 22.8. The van der Waals surface area contributed by atoms with Crippen LogP contribution in [0, 0.1) is 0 Å². The smallest absolute Gasteiger partial charge is 0.216 e. The second-order valence-electron chi connectivity index (χ2n) is 7.79. The first kappa shape index (κ1) is 23.4. The molecule has 0 aliphatic rings. The number of aryl methyl sites for hydroxylation is 2. The molecule has 1 amide bonds. The number of allylic oxidation sites excluding steroid dienone is 1. The van der Waals surface area contributed by atoms with Crippen molar-refractivity contribution in [3.8, 4) is 11.5 Å². The first-order chi connectivity index (χ1) is 15.6. The van der Waals surface area contributed by atoms with E-state index in [-0.39, 0.29) is 5.91 Å². The van der Waals surface area contributed by atoms with Gasteiger partial charge in [-0.2, -0.15) is 0 Å². The van der Waals surface area contributed by atoms with Gasteiger partial charge in [-0.1, -0.05) is 24.3 Å². The molecule has 6 heteroatoms. The zero-order valence-corrected chi connectivity index (χ0v) is 19.1. The van der Waals surface area contributed by atoms with Crippen molar-refractivity contribution in [2.45, 2.75) is 45.6 Å². The SMILES string of the molecule is C=CCc1ccc(OCCCCn2c(CCCNC(C)=O)nc3ccccc32)c(OC)c1. The van der Waals surface area contributed by atoms with Gasteiger partial charge in [0.25, 0.3) is 0 Å². The molecular formula is C26H33N3O3. The molecule has 0 radical (unpaired) electrons. The number of nitrogens with zero attached hydrogens (tertiary/aromatic N) is 2. The van der Waals surface area contributed by atoms with E-state index in [1.54, 1.807) is 14.0 Å². The van der Waals surface area contributed by atoms with E-state index in [0.717, 1.165) is 72.6 Å². The van der Waals surface area contributed by atoms with Gasteiger partial charge in [0.1, 0.15) is 5.82 Å². The van der Waals surface area contributed by atoms with Gasteiger partial charge in [0.2, 0.25) is 5.91 Å². The van der Waals surface area contributed by atoms with Crippen LogP contribution in [0.25, 0.3) is 11.0 Å². The summed E-state index contributed by atoms with van der Waals surface area (Å²) >= 11 is 0. The Bertz CT molecular complexity index is 1040. The molecule has 0 bridgehead atoms. The number of hydrogen-bond acceptors (Lipinski definition) is 4. The van der Waals surface area contributed by atoms with E-state index in [9.17, 15) is 4.79 Å². The summed E-state index contributed by atoms with van der Waals surface area (Å²) in [6, 6.07) is 14.2. The number of fused-ring (bicyclic) bond motifs is 1. The minimum absolute atomic E-state index is 0.00507. The fraction of sp³-hybridized carbons (Fsp3) is 0.385. The second kappa shape index (κ2) is 11.9. The number of aromatic nitrogens is 2. The molecule has 0 atom stereocenters. The Balaban J connectivity index is 1.55. The van der Waals surface area contributed by atoms with Crippen molar-refractivity contribution in [2.24, 2.45) is 0 Å². The highest BCUT2D eigenvalue weighted by Gasteiger charge is 2.10. The molecule has 1 N–H and O–H groups in total. The van der Waals surface area contributed by atoms with Gasteiger partial charge in [0, 0.05) is 26.4 Å². The molecule has 0 fully saturated rings. The number of methoxy groups -OCH3 is 1. The van der Waals surface area contributed by atoms with Gasteiger partial charge in [0.15, 0.2) is 11.5 Å². The van der Waals surface area contributed by atoms with Crippen molar-refractivity contribution in [2.75, 3.05) is 20.3 Å². The molecule has 0 unspecified atom stereocenters. The number of amides is 1. The molecule has 6 nitrogen and oxygen atoms in total. The predicted molar refractivity (Wildman–Crippen MR) is 128 cm³/mol. The molecule has 0 spiro atoms. The zero-order valence-electron chi connectivity index (χ0n) is 19.1. The first-order valence-corrected chi connectivity index (χ1v) is 11.2. The number of hydrogen-bond donors (Lipinski definition) is 1. The van der Waals surface area contributed by atoms with Crippen LogP contribution in [0.1, 0.15) is 37.6 Å². The summed E-state index contributed by atoms with van der Waals surface area (Å²) in [6.07, 6.45) is 6.30. The van der Waals surface area contributed by atoms with E-state index in [1.165, 1.54) is 0 Å². The van der Waals surface area contributed by atoms with Crippen LogP contribution in [-0.2, 0) is 24.2 Å². The quantitative estimate of drug-likeness (QED) is 0.312. The van der Waals surface area contributed by atoms with Crippen LogP contribution in [0.15, 0.2) is 55.1 Å². The van der Waals surface area contributed by atoms with Gasteiger partial charge in [0.05, 0.1) is 24.8 Å². The van der Waals surface area contributed by atoms with Crippen LogP contribution in [0.3, 0.4) is 0 Å². The van der Waals surface area contributed by atoms with Gasteiger partial charge in [-0.3, -0.25) is 4.79 Å². The van der Waals surface area contributed by atoms with E-state index in [4.69, 9.17) is 14.5 Å². The van der Waals surface area contributed by atoms with Crippen LogP contribution in [-0.4, -0.2) is 35.7 Å². The van der Waals surface area contributed by atoms with Gasteiger partial charge < -0.3 is 19.4 Å². The lowest BCUT2D eigenvalue weighted by atomic mass is 10.1. The summed E-state index contributed by atoms with van der Waals surface area (Å²) in [5, 5.41) is 2.86. The lowest BCUT2D eigenvalue weighted by Crippen LogP contribution is -2.21. The average Bonchev–Trinajstić information content (AvgIpc) is 3.14. The summed E-state index contributed by atoms with van der Waals surface area (Å²) < 4.78 is 13.8. The Morgan fingerprint density at radius 3 is 2.78 bits per heavy atom.